The molecule has 0 unspecified atom stereocenters. The summed E-state index contributed by atoms with van der Waals surface area (Å²) in [7, 11) is -4.92. The van der Waals surface area contributed by atoms with Gasteiger partial charge in [-0.3, -0.25) is 4.55 Å². The summed E-state index contributed by atoms with van der Waals surface area (Å²) in [6.45, 7) is 5.89. The number of rotatable bonds is 13. The normalized spacial score (nSPS) is 12.5. The molecule has 0 saturated heterocycles. The van der Waals surface area contributed by atoms with Gasteiger partial charge in [0.1, 0.15) is 18.9 Å². The van der Waals surface area contributed by atoms with Crippen molar-refractivity contribution >= 4 is 10.4 Å². The van der Waals surface area contributed by atoms with Gasteiger partial charge < -0.3 is 9.66 Å². The highest BCUT2D eigenvalue weighted by Gasteiger charge is 2.05. The van der Waals surface area contributed by atoms with Gasteiger partial charge in [-0.1, -0.05) is 58.3 Å². The number of aliphatic hydroxyl groups is 1. The van der Waals surface area contributed by atoms with E-state index in [0.717, 1.165) is 6.54 Å². The fraction of sp³-hybridized carbons (Fsp3) is 0.833. The van der Waals surface area contributed by atoms with Crippen LogP contribution in [-0.2, 0) is 23.5 Å². The maximum Gasteiger partial charge on any atom is 0.243 e. The lowest BCUT2D eigenvalue weighted by Crippen LogP contribution is -2.36. The van der Waals surface area contributed by atoms with E-state index >= 15 is 0 Å². The van der Waals surface area contributed by atoms with Gasteiger partial charge in [-0.15, -0.1) is 0 Å². The zero-order chi connectivity index (χ0) is 19.8. The second-order valence-corrected chi connectivity index (χ2v) is 7.66. The van der Waals surface area contributed by atoms with Crippen molar-refractivity contribution in [2.75, 3.05) is 0 Å². The predicted octanol–water partition coefficient (Wildman–Crippen LogP) is 3.08. The van der Waals surface area contributed by atoms with Gasteiger partial charge in [0.15, 0.2) is 0 Å². The Bertz CT molecular complexity index is 536. The number of aliphatic hydroxyl groups excluding tert-OH is 1. The first kappa shape index (κ1) is 25.0. The van der Waals surface area contributed by atoms with E-state index in [2.05, 4.69) is 28.6 Å². The van der Waals surface area contributed by atoms with Crippen LogP contribution in [0.3, 0.4) is 0 Å². The van der Waals surface area contributed by atoms with Gasteiger partial charge in [0, 0.05) is 0 Å². The van der Waals surface area contributed by atoms with Crippen molar-refractivity contribution in [1.29, 1.82) is 0 Å². The van der Waals surface area contributed by atoms with E-state index in [9.17, 15) is 5.11 Å². The second kappa shape index (κ2) is 15.1. The highest BCUT2D eigenvalue weighted by atomic mass is 32.3. The molecule has 0 aliphatic carbocycles. The molecule has 0 saturated carbocycles. The third-order valence-electron chi connectivity index (χ3n) is 3.99. The molecule has 1 heterocycles. The van der Waals surface area contributed by atoms with Gasteiger partial charge in [0.05, 0.1) is 12.6 Å². The molecule has 0 aliphatic heterocycles. The van der Waals surface area contributed by atoms with Crippen LogP contribution < -0.4 is 4.57 Å². The van der Waals surface area contributed by atoms with E-state index in [0.29, 0.717) is 6.54 Å². The molecule has 0 fully saturated rings. The Hall–Kier alpha value is -0.960. The highest BCUT2D eigenvalue weighted by molar-refractivity contribution is 7.79. The molecule has 0 aromatic carbocycles. The third-order valence-corrected chi connectivity index (χ3v) is 3.99. The van der Waals surface area contributed by atoms with Crippen LogP contribution in [0.5, 0.6) is 0 Å². The van der Waals surface area contributed by atoms with Crippen LogP contribution in [0.4, 0.5) is 0 Å². The van der Waals surface area contributed by atoms with Gasteiger partial charge in [-0.25, -0.2) is 17.6 Å². The summed E-state index contributed by atoms with van der Waals surface area (Å²) in [5.74, 6) is 0. The highest BCUT2D eigenvalue weighted by Crippen LogP contribution is 2.10. The molecule has 2 N–H and O–H groups in total. The van der Waals surface area contributed by atoms with Crippen molar-refractivity contribution in [1.82, 2.24) is 4.57 Å². The van der Waals surface area contributed by atoms with Crippen LogP contribution in [0, 0.1) is 0 Å². The molecule has 0 radical (unpaired) electrons. The monoisotopic (exact) mass is 392 g/mol. The van der Waals surface area contributed by atoms with E-state index in [-0.39, 0.29) is 6.10 Å². The molecular weight excluding hydrogens is 356 g/mol. The molecule has 8 heteroatoms. The Labute approximate surface area is 158 Å². The van der Waals surface area contributed by atoms with Gasteiger partial charge in [0.2, 0.25) is 16.7 Å². The Morgan fingerprint density at radius 2 is 1.50 bits per heavy atom. The summed E-state index contributed by atoms with van der Waals surface area (Å²) in [6, 6.07) is 0. The first-order valence-electron chi connectivity index (χ1n) is 9.63. The zero-order valence-electron chi connectivity index (χ0n) is 16.2. The number of unbranched alkanes of at least 4 members (excludes halogenated alkanes) is 9. The molecule has 154 valence electrons. The van der Waals surface area contributed by atoms with Crippen LogP contribution in [0.25, 0.3) is 0 Å². The number of nitrogens with zero attached hydrogens (tertiary/aromatic N) is 2. The topological polar surface area (TPSA) is 106 Å². The Kier molecular flexibility index (Phi) is 14.6. The molecule has 1 atom stereocenters. The quantitative estimate of drug-likeness (QED) is 0.232. The standard InChI is InChI=1S/C18H35N2O.H2O4S/c1-3-4-5-6-7-8-9-10-11-12-13-19-14-15-20(17-19)16-18(2)21;1-5(2,3)4/h14-15,17-18,21H,3-13,16H2,1-2H3;(H2,1,2,3,4)/q+1;/p-1/t18-;/m0./s1. The van der Waals surface area contributed by atoms with E-state index in [1.807, 2.05) is 13.1 Å². The SMILES string of the molecule is CCCCCCCCCCCCn1cc[n+](C[C@H](C)O)c1.O=S(=O)([O-])O. The predicted molar refractivity (Wildman–Crippen MR) is 100 cm³/mol. The first-order chi connectivity index (χ1) is 12.2. The lowest BCUT2D eigenvalue weighted by atomic mass is 10.1. The molecule has 7 nitrogen and oxygen atoms in total. The van der Waals surface area contributed by atoms with Crippen molar-refractivity contribution in [2.45, 2.75) is 97.2 Å². The van der Waals surface area contributed by atoms with E-state index in [4.69, 9.17) is 17.5 Å². The van der Waals surface area contributed by atoms with Gasteiger partial charge in [0.25, 0.3) is 0 Å². The van der Waals surface area contributed by atoms with Crippen molar-refractivity contribution in [2.24, 2.45) is 0 Å². The fourth-order valence-electron chi connectivity index (χ4n) is 2.77. The van der Waals surface area contributed by atoms with Crippen molar-refractivity contribution in [3.63, 3.8) is 0 Å². The maximum atomic E-state index is 9.35. The Balaban J connectivity index is 0.00000110. The summed E-state index contributed by atoms with van der Waals surface area (Å²) in [5.41, 5.74) is 0. The smallest absolute Gasteiger partial charge is 0.243 e. The molecule has 1 rings (SSSR count). The average Bonchev–Trinajstić information content (AvgIpc) is 2.94. The van der Waals surface area contributed by atoms with Crippen LogP contribution in [-0.4, -0.2) is 33.3 Å². The van der Waals surface area contributed by atoms with Gasteiger partial charge in [-0.05, 0) is 19.8 Å². The zero-order valence-corrected chi connectivity index (χ0v) is 17.0. The Morgan fingerprint density at radius 1 is 1.04 bits per heavy atom. The summed E-state index contributed by atoms with van der Waals surface area (Å²) < 4.78 is 37.1. The van der Waals surface area contributed by atoms with Crippen molar-refractivity contribution in [3.8, 4) is 0 Å². The summed E-state index contributed by atoms with van der Waals surface area (Å²) in [5, 5.41) is 9.35. The minimum absolute atomic E-state index is 0.275. The summed E-state index contributed by atoms with van der Waals surface area (Å²) in [4.78, 5) is 0. The Morgan fingerprint density at radius 3 is 1.96 bits per heavy atom. The van der Waals surface area contributed by atoms with Crippen molar-refractivity contribution in [3.05, 3.63) is 18.7 Å². The van der Waals surface area contributed by atoms with Crippen LogP contribution in [0.1, 0.15) is 78.1 Å². The summed E-state index contributed by atoms with van der Waals surface area (Å²) in [6.07, 6.45) is 19.8. The second-order valence-electron chi connectivity index (χ2n) is 6.81. The molecule has 0 spiro atoms. The number of hydrogen-bond donors (Lipinski definition) is 2. The largest absolute Gasteiger partial charge is 0.726 e. The molecule has 1 aromatic heterocycles. The number of aryl methyl sites for hydroxylation is 1. The van der Waals surface area contributed by atoms with Crippen molar-refractivity contribution < 1.29 is 27.2 Å². The van der Waals surface area contributed by atoms with E-state index in [1.54, 1.807) is 0 Å². The minimum atomic E-state index is -4.92. The van der Waals surface area contributed by atoms with E-state index in [1.165, 1.54) is 64.2 Å². The summed E-state index contributed by atoms with van der Waals surface area (Å²) >= 11 is 0. The lowest BCUT2D eigenvalue weighted by molar-refractivity contribution is -0.702. The number of aromatic nitrogens is 2. The molecule has 0 amide bonds. The third kappa shape index (κ3) is 19.4. The average molecular weight is 393 g/mol. The number of imidazole rings is 1. The molecule has 0 bridgehead atoms. The number of hydrogen-bond acceptors (Lipinski definition) is 4. The molecule has 26 heavy (non-hydrogen) atoms. The fourth-order valence-corrected chi connectivity index (χ4v) is 2.77. The van der Waals surface area contributed by atoms with Gasteiger partial charge >= 0.3 is 0 Å². The molecule has 0 aliphatic rings. The minimum Gasteiger partial charge on any atom is -0.726 e. The molecule has 1 aromatic rings. The first-order valence-corrected chi connectivity index (χ1v) is 11.0. The van der Waals surface area contributed by atoms with Gasteiger partial charge in [-0.2, -0.15) is 0 Å². The van der Waals surface area contributed by atoms with Crippen LogP contribution in [0.15, 0.2) is 18.7 Å². The lowest BCUT2D eigenvalue weighted by Gasteiger charge is -2.01. The van der Waals surface area contributed by atoms with E-state index < -0.39 is 10.4 Å². The van der Waals surface area contributed by atoms with Crippen LogP contribution >= 0.6 is 0 Å². The molecular formula is C18H36N2O5S. The van der Waals surface area contributed by atoms with Crippen LogP contribution in [0.2, 0.25) is 0 Å². The maximum absolute atomic E-state index is 9.35.